The molecule has 0 unspecified atom stereocenters. The van der Waals surface area contributed by atoms with Gasteiger partial charge in [0.25, 0.3) is 0 Å². The van der Waals surface area contributed by atoms with Crippen LogP contribution in [0.15, 0.2) is 36.4 Å². The number of hydrogen-bond donors (Lipinski definition) is 3. The molecule has 0 aliphatic rings. The summed E-state index contributed by atoms with van der Waals surface area (Å²) in [5, 5.41) is 16.4. The van der Waals surface area contributed by atoms with Crippen LogP contribution in [0.3, 0.4) is 0 Å². The van der Waals surface area contributed by atoms with E-state index in [1.54, 1.807) is 19.2 Å². The molecule has 116 valence electrons. The lowest BCUT2D eigenvalue weighted by Gasteiger charge is -2.11. The van der Waals surface area contributed by atoms with Crippen LogP contribution in [0.25, 0.3) is 0 Å². The second-order valence-electron chi connectivity index (χ2n) is 4.88. The molecule has 0 atom stereocenters. The van der Waals surface area contributed by atoms with Crippen LogP contribution in [0.2, 0.25) is 0 Å². The lowest BCUT2D eigenvalue weighted by Crippen LogP contribution is -2.34. The van der Waals surface area contributed by atoms with E-state index in [4.69, 9.17) is 4.74 Å². The summed E-state index contributed by atoms with van der Waals surface area (Å²) in [6.45, 7) is 3.76. The van der Waals surface area contributed by atoms with E-state index in [9.17, 15) is 4.79 Å². The van der Waals surface area contributed by atoms with Crippen LogP contribution in [-0.4, -0.2) is 29.4 Å². The predicted octanol–water partition coefficient (Wildman–Crippen LogP) is 2.76. The van der Waals surface area contributed by atoms with Gasteiger partial charge in [-0.2, -0.15) is 0 Å². The van der Waals surface area contributed by atoms with Gasteiger partial charge < -0.3 is 15.4 Å². The molecule has 1 aromatic carbocycles. The van der Waals surface area contributed by atoms with E-state index in [-0.39, 0.29) is 12.1 Å². The highest BCUT2D eigenvalue weighted by molar-refractivity contribution is 5.88. The Morgan fingerprint density at radius 2 is 1.77 bits per heavy atom. The van der Waals surface area contributed by atoms with Gasteiger partial charge in [0.1, 0.15) is 5.75 Å². The summed E-state index contributed by atoms with van der Waals surface area (Å²) >= 11 is 0. The second kappa shape index (κ2) is 7.26. The van der Waals surface area contributed by atoms with Gasteiger partial charge in [-0.15, -0.1) is 10.2 Å². The van der Waals surface area contributed by atoms with Crippen LogP contribution in [-0.2, 0) is 0 Å². The standard InChI is InChI=1S/C15H19N5O2/c1-10(2)16-15(21)18-14-9-8-13(19-20-14)17-11-6-4-5-7-12(11)22-3/h4-10H,1-3H3,(H,17,19)(H2,16,18,20,21). The summed E-state index contributed by atoms with van der Waals surface area (Å²) in [7, 11) is 1.60. The Morgan fingerprint density at radius 3 is 2.41 bits per heavy atom. The van der Waals surface area contributed by atoms with Crippen LogP contribution in [0, 0.1) is 0 Å². The number of methoxy groups -OCH3 is 1. The number of carbonyl (C=O) groups excluding carboxylic acids is 1. The maximum atomic E-state index is 11.6. The van der Waals surface area contributed by atoms with Gasteiger partial charge in [-0.1, -0.05) is 12.1 Å². The summed E-state index contributed by atoms with van der Waals surface area (Å²) in [6, 6.07) is 10.6. The van der Waals surface area contributed by atoms with E-state index in [0.29, 0.717) is 17.4 Å². The molecule has 2 rings (SSSR count). The molecule has 3 N–H and O–H groups in total. The molecule has 1 heterocycles. The molecular formula is C15H19N5O2. The Hall–Kier alpha value is -2.83. The van der Waals surface area contributed by atoms with Crippen molar-refractivity contribution in [3.8, 4) is 5.75 Å². The van der Waals surface area contributed by atoms with E-state index < -0.39 is 0 Å². The highest BCUT2D eigenvalue weighted by Crippen LogP contribution is 2.25. The molecule has 0 spiro atoms. The number of para-hydroxylation sites is 2. The van der Waals surface area contributed by atoms with Crippen LogP contribution in [0.1, 0.15) is 13.8 Å². The maximum absolute atomic E-state index is 11.6. The Balaban J connectivity index is 2.01. The molecule has 0 aliphatic carbocycles. The van der Waals surface area contributed by atoms with Crippen molar-refractivity contribution >= 4 is 23.4 Å². The van der Waals surface area contributed by atoms with Crippen LogP contribution < -0.4 is 20.7 Å². The molecule has 0 bridgehead atoms. The van der Waals surface area contributed by atoms with Gasteiger partial charge in [-0.05, 0) is 38.1 Å². The normalized spacial score (nSPS) is 10.2. The topological polar surface area (TPSA) is 88.2 Å². The molecule has 0 fully saturated rings. The fourth-order valence-electron chi connectivity index (χ4n) is 1.77. The number of anilines is 3. The quantitative estimate of drug-likeness (QED) is 0.790. The number of hydrogen-bond acceptors (Lipinski definition) is 5. The van der Waals surface area contributed by atoms with Gasteiger partial charge >= 0.3 is 6.03 Å². The number of nitrogens with one attached hydrogen (secondary N) is 3. The van der Waals surface area contributed by atoms with Crippen molar-refractivity contribution in [2.75, 3.05) is 17.7 Å². The summed E-state index contributed by atoms with van der Waals surface area (Å²) in [6.07, 6.45) is 0. The molecule has 22 heavy (non-hydrogen) atoms. The molecule has 0 saturated heterocycles. The van der Waals surface area contributed by atoms with E-state index in [0.717, 1.165) is 5.69 Å². The summed E-state index contributed by atoms with van der Waals surface area (Å²) < 4.78 is 5.25. The van der Waals surface area contributed by atoms with Gasteiger partial charge in [0, 0.05) is 6.04 Å². The van der Waals surface area contributed by atoms with Crippen molar-refractivity contribution in [2.24, 2.45) is 0 Å². The number of rotatable bonds is 5. The minimum absolute atomic E-state index is 0.0550. The predicted molar refractivity (Wildman–Crippen MR) is 85.6 cm³/mol. The Morgan fingerprint density at radius 1 is 1.09 bits per heavy atom. The lowest BCUT2D eigenvalue weighted by molar-refractivity contribution is 0.250. The first-order valence-corrected chi connectivity index (χ1v) is 6.90. The number of ether oxygens (including phenoxy) is 1. The Kier molecular flexibility index (Phi) is 5.13. The van der Waals surface area contributed by atoms with Crippen molar-refractivity contribution in [1.29, 1.82) is 0 Å². The number of benzene rings is 1. The smallest absolute Gasteiger partial charge is 0.320 e. The number of aromatic nitrogens is 2. The first-order valence-electron chi connectivity index (χ1n) is 6.90. The van der Waals surface area contributed by atoms with Crippen molar-refractivity contribution in [3.05, 3.63) is 36.4 Å². The summed E-state index contributed by atoms with van der Waals surface area (Å²) in [4.78, 5) is 11.6. The molecule has 7 heteroatoms. The zero-order valence-electron chi connectivity index (χ0n) is 12.8. The molecule has 7 nitrogen and oxygen atoms in total. The third kappa shape index (κ3) is 4.34. The Labute approximate surface area is 129 Å². The summed E-state index contributed by atoms with van der Waals surface area (Å²) in [5.74, 6) is 1.64. The fraction of sp³-hybridized carbons (Fsp3) is 0.267. The van der Waals surface area contributed by atoms with E-state index in [2.05, 4.69) is 26.1 Å². The van der Waals surface area contributed by atoms with Crippen molar-refractivity contribution in [1.82, 2.24) is 15.5 Å². The molecule has 1 aromatic heterocycles. The lowest BCUT2D eigenvalue weighted by atomic mass is 10.3. The van der Waals surface area contributed by atoms with E-state index >= 15 is 0 Å². The number of amides is 2. The van der Waals surface area contributed by atoms with E-state index in [1.165, 1.54) is 0 Å². The fourth-order valence-corrected chi connectivity index (χ4v) is 1.77. The van der Waals surface area contributed by atoms with Crippen LogP contribution >= 0.6 is 0 Å². The van der Waals surface area contributed by atoms with Gasteiger partial charge in [0.2, 0.25) is 0 Å². The molecule has 0 saturated carbocycles. The van der Waals surface area contributed by atoms with Gasteiger partial charge in [0.15, 0.2) is 11.6 Å². The SMILES string of the molecule is COc1ccccc1Nc1ccc(NC(=O)NC(C)C)nn1. The second-order valence-corrected chi connectivity index (χ2v) is 4.88. The molecule has 2 aromatic rings. The monoisotopic (exact) mass is 301 g/mol. The number of carbonyl (C=O) groups is 1. The third-order valence-corrected chi connectivity index (χ3v) is 2.70. The average Bonchev–Trinajstić information content (AvgIpc) is 2.49. The largest absolute Gasteiger partial charge is 0.495 e. The summed E-state index contributed by atoms with van der Waals surface area (Å²) in [5.41, 5.74) is 0.789. The first-order chi connectivity index (χ1) is 10.6. The number of urea groups is 1. The molecule has 0 aliphatic heterocycles. The van der Waals surface area contributed by atoms with Crippen LogP contribution in [0.5, 0.6) is 5.75 Å². The number of nitrogens with zero attached hydrogens (tertiary/aromatic N) is 2. The van der Waals surface area contributed by atoms with Crippen molar-refractivity contribution in [3.63, 3.8) is 0 Å². The minimum atomic E-state index is -0.310. The Bertz CT molecular complexity index is 628. The highest BCUT2D eigenvalue weighted by Gasteiger charge is 2.06. The zero-order chi connectivity index (χ0) is 15.9. The maximum Gasteiger partial charge on any atom is 0.320 e. The molecule has 2 amide bonds. The van der Waals surface area contributed by atoms with Gasteiger partial charge in [0.05, 0.1) is 12.8 Å². The highest BCUT2D eigenvalue weighted by atomic mass is 16.5. The average molecular weight is 301 g/mol. The van der Waals surface area contributed by atoms with Gasteiger partial charge in [-0.25, -0.2) is 4.79 Å². The molecular weight excluding hydrogens is 282 g/mol. The van der Waals surface area contributed by atoms with Crippen molar-refractivity contribution in [2.45, 2.75) is 19.9 Å². The van der Waals surface area contributed by atoms with Crippen LogP contribution in [0.4, 0.5) is 22.1 Å². The van der Waals surface area contributed by atoms with E-state index in [1.807, 2.05) is 38.1 Å². The minimum Gasteiger partial charge on any atom is -0.495 e. The van der Waals surface area contributed by atoms with Crippen molar-refractivity contribution < 1.29 is 9.53 Å². The first kappa shape index (κ1) is 15.6. The zero-order valence-corrected chi connectivity index (χ0v) is 12.8. The molecule has 0 radical (unpaired) electrons. The third-order valence-electron chi connectivity index (χ3n) is 2.70. The van der Waals surface area contributed by atoms with Gasteiger partial charge in [-0.3, -0.25) is 5.32 Å².